The predicted molar refractivity (Wildman–Crippen MR) is 53.0 cm³/mol. The molecule has 0 radical (unpaired) electrons. The maximum absolute atomic E-state index is 11.7. The Balaban J connectivity index is 1.91. The van der Waals surface area contributed by atoms with Gasteiger partial charge >= 0.3 is 0 Å². The van der Waals surface area contributed by atoms with Gasteiger partial charge in [-0.2, -0.15) is 4.80 Å². The lowest BCUT2D eigenvalue weighted by atomic mass is 9.97. The van der Waals surface area contributed by atoms with Gasteiger partial charge in [0.15, 0.2) is 0 Å². The molecule has 2 N–H and O–H groups in total. The number of aromatic nitrogens is 4. The molecule has 7 heteroatoms. The van der Waals surface area contributed by atoms with Crippen LogP contribution in [0.1, 0.15) is 12.8 Å². The van der Waals surface area contributed by atoms with Crippen molar-refractivity contribution in [3.63, 3.8) is 0 Å². The van der Waals surface area contributed by atoms with Crippen molar-refractivity contribution in [3.05, 3.63) is 0 Å². The Bertz CT molecular complexity index is 343. The molecule has 1 aliphatic rings. The summed E-state index contributed by atoms with van der Waals surface area (Å²) < 4.78 is 0. The van der Waals surface area contributed by atoms with Crippen molar-refractivity contribution in [2.75, 3.05) is 18.4 Å². The van der Waals surface area contributed by atoms with Crippen LogP contribution in [0.15, 0.2) is 0 Å². The number of amides is 1. The van der Waals surface area contributed by atoms with E-state index in [0.29, 0.717) is 0 Å². The summed E-state index contributed by atoms with van der Waals surface area (Å²) in [7, 11) is 1.66. The molecule has 7 nitrogen and oxygen atoms in total. The van der Waals surface area contributed by atoms with E-state index in [2.05, 4.69) is 26.0 Å². The van der Waals surface area contributed by atoms with E-state index < -0.39 is 0 Å². The van der Waals surface area contributed by atoms with E-state index in [9.17, 15) is 4.79 Å². The zero-order valence-electron chi connectivity index (χ0n) is 8.60. The molecule has 0 aromatic carbocycles. The van der Waals surface area contributed by atoms with Crippen molar-refractivity contribution >= 4 is 11.9 Å². The highest BCUT2D eigenvalue weighted by Crippen LogP contribution is 2.13. The predicted octanol–water partition coefficient (Wildman–Crippen LogP) is -0.852. The van der Waals surface area contributed by atoms with Gasteiger partial charge in [0.25, 0.3) is 5.95 Å². The Hall–Kier alpha value is -1.50. The van der Waals surface area contributed by atoms with E-state index in [1.54, 1.807) is 7.05 Å². The van der Waals surface area contributed by atoms with Crippen LogP contribution >= 0.6 is 0 Å². The van der Waals surface area contributed by atoms with Gasteiger partial charge < -0.3 is 5.32 Å². The van der Waals surface area contributed by atoms with Crippen molar-refractivity contribution in [2.24, 2.45) is 13.0 Å². The average molecular weight is 210 g/mol. The highest BCUT2D eigenvalue weighted by Gasteiger charge is 2.21. The molecule has 1 aromatic rings. The number of piperidine rings is 1. The van der Waals surface area contributed by atoms with Gasteiger partial charge in [-0.15, -0.1) is 5.10 Å². The van der Waals surface area contributed by atoms with Crippen molar-refractivity contribution < 1.29 is 4.79 Å². The van der Waals surface area contributed by atoms with E-state index in [0.717, 1.165) is 25.9 Å². The maximum atomic E-state index is 11.7. The minimum atomic E-state index is -0.00972. The SMILES string of the molecule is Cn1nnc(NC(=O)C2CCNCC2)n1. The number of hydrogen-bond donors (Lipinski definition) is 2. The number of hydrogen-bond acceptors (Lipinski definition) is 5. The van der Waals surface area contributed by atoms with Crippen LogP contribution in [0.3, 0.4) is 0 Å². The normalized spacial score (nSPS) is 17.7. The van der Waals surface area contributed by atoms with Crippen LogP contribution in [0.4, 0.5) is 5.95 Å². The topological polar surface area (TPSA) is 84.7 Å². The molecule has 15 heavy (non-hydrogen) atoms. The van der Waals surface area contributed by atoms with E-state index >= 15 is 0 Å². The number of tetrazole rings is 1. The molecule has 1 aliphatic heterocycles. The van der Waals surface area contributed by atoms with Crippen molar-refractivity contribution in [1.82, 2.24) is 25.5 Å². The Morgan fingerprint density at radius 1 is 1.53 bits per heavy atom. The smallest absolute Gasteiger partial charge is 0.270 e. The first kappa shape index (κ1) is 10.0. The molecule has 0 bridgehead atoms. The molecule has 0 spiro atoms. The van der Waals surface area contributed by atoms with Gasteiger partial charge in [-0.1, -0.05) is 5.10 Å². The molecule has 0 aliphatic carbocycles. The summed E-state index contributed by atoms with van der Waals surface area (Å²) in [6.45, 7) is 1.79. The summed E-state index contributed by atoms with van der Waals surface area (Å²) in [6.07, 6.45) is 1.73. The fourth-order valence-electron chi connectivity index (χ4n) is 1.63. The number of aryl methyl sites for hydroxylation is 1. The van der Waals surface area contributed by atoms with Gasteiger partial charge in [0.05, 0.1) is 7.05 Å². The first-order valence-corrected chi connectivity index (χ1v) is 5.01. The van der Waals surface area contributed by atoms with Gasteiger partial charge in [-0.25, -0.2) is 0 Å². The molecule has 2 rings (SSSR count). The number of carbonyl (C=O) groups is 1. The molecular formula is C8H14N6O. The molecule has 0 atom stereocenters. The summed E-state index contributed by atoms with van der Waals surface area (Å²) in [5.41, 5.74) is 0. The van der Waals surface area contributed by atoms with Gasteiger partial charge in [0.1, 0.15) is 0 Å². The van der Waals surface area contributed by atoms with Crippen molar-refractivity contribution in [1.29, 1.82) is 0 Å². The molecule has 1 amide bonds. The first-order chi connectivity index (χ1) is 7.25. The highest BCUT2D eigenvalue weighted by atomic mass is 16.2. The molecule has 1 saturated heterocycles. The van der Waals surface area contributed by atoms with Gasteiger partial charge in [-0.3, -0.25) is 10.1 Å². The average Bonchev–Trinajstić information content (AvgIpc) is 2.65. The monoisotopic (exact) mass is 210 g/mol. The quantitative estimate of drug-likeness (QED) is 0.664. The lowest BCUT2D eigenvalue weighted by molar-refractivity contribution is -0.120. The number of carbonyl (C=O) groups excluding carboxylic acids is 1. The molecule has 1 fully saturated rings. The van der Waals surface area contributed by atoms with E-state index in [1.807, 2.05) is 0 Å². The lowest BCUT2D eigenvalue weighted by Crippen LogP contribution is -2.34. The largest absolute Gasteiger partial charge is 0.317 e. The molecule has 2 heterocycles. The summed E-state index contributed by atoms with van der Waals surface area (Å²) in [4.78, 5) is 13.0. The van der Waals surface area contributed by atoms with Crippen LogP contribution in [0, 0.1) is 5.92 Å². The van der Waals surface area contributed by atoms with Crippen molar-refractivity contribution in [2.45, 2.75) is 12.8 Å². The second-order valence-electron chi connectivity index (χ2n) is 3.62. The number of anilines is 1. The lowest BCUT2D eigenvalue weighted by Gasteiger charge is -2.20. The second kappa shape index (κ2) is 4.35. The standard InChI is InChI=1S/C8H14N6O/c1-14-12-8(11-13-14)10-7(15)6-2-4-9-5-3-6/h6,9H,2-5H2,1H3,(H,10,12,15). The highest BCUT2D eigenvalue weighted by molar-refractivity contribution is 5.90. The molecule has 82 valence electrons. The summed E-state index contributed by atoms with van der Waals surface area (Å²) in [5.74, 6) is 0.334. The number of nitrogens with zero attached hydrogens (tertiary/aromatic N) is 4. The third kappa shape index (κ3) is 2.50. The number of rotatable bonds is 2. The van der Waals surface area contributed by atoms with Crippen LogP contribution < -0.4 is 10.6 Å². The molecular weight excluding hydrogens is 196 g/mol. The summed E-state index contributed by atoms with van der Waals surface area (Å²) >= 11 is 0. The minimum Gasteiger partial charge on any atom is -0.317 e. The molecule has 1 aromatic heterocycles. The van der Waals surface area contributed by atoms with Crippen LogP contribution in [0.2, 0.25) is 0 Å². The Morgan fingerprint density at radius 3 is 2.87 bits per heavy atom. The van der Waals surface area contributed by atoms with Crippen LogP contribution in [-0.4, -0.2) is 39.2 Å². The third-order valence-corrected chi connectivity index (χ3v) is 2.45. The fourth-order valence-corrected chi connectivity index (χ4v) is 1.63. The summed E-state index contributed by atoms with van der Waals surface area (Å²) in [5, 5.41) is 17.1. The summed E-state index contributed by atoms with van der Waals surface area (Å²) in [6, 6.07) is 0. The number of nitrogens with one attached hydrogen (secondary N) is 2. The zero-order valence-corrected chi connectivity index (χ0v) is 8.60. The van der Waals surface area contributed by atoms with Gasteiger partial charge in [-0.05, 0) is 31.1 Å². The fraction of sp³-hybridized carbons (Fsp3) is 0.750. The Morgan fingerprint density at radius 2 is 2.27 bits per heavy atom. The van der Waals surface area contributed by atoms with Crippen LogP contribution in [0.5, 0.6) is 0 Å². The third-order valence-electron chi connectivity index (χ3n) is 2.45. The maximum Gasteiger partial charge on any atom is 0.270 e. The Labute approximate surface area is 87.2 Å². The molecule has 0 unspecified atom stereocenters. The van der Waals surface area contributed by atoms with Crippen LogP contribution in [-0.2, 0) is 11.8 Å². The zero-order chi connectivity index (χ0) is 10.7. The van der Waals surface area contributed by atoms with E-state index in [-0.39, 0.29) is 17.8 Å². The first-order valence-electron chi connectivity index (χ1n) is 5.01. The van der Waals surface area contributed by atoms with Gasteiger partial charge in [0, 0.05) is 5.92 Å². The van der Waals surface area contributed by atoms with Gasteiger partial charge in [0.2, 0.25) is 5.91 Å². The van der Waals surface area contributed by atoms with E-state index in [1.165, 1.54) is 4.80 Å². The Kier molecular flexibility index (Phi) is 2.91. The minimum absolute atomic E-state index is 0.00972. The van der Waals surface area contributed by atoms with E-state index in [4.69, 9.17) is 0 Å². The van der Waals surface area contributed by atoms with Crippen LogP contribution in [0.25, 0.3) is 0 Å². The molecule has 0 saturated carbocycles. The second-order valence-corrected chi connectivity index (χ2v) is 3.62. The van der Waals surface area contributed by atoms with Crippen molar-refractivity contribution in [3.8, 4) is 0 Å².